The van der Waals surface area contributed by atoms with Crippen LogP contribution in [0.5, 0.6) is 0 Å². The van der Waals surface area contributed by atoms with Crippen LogP contribution >= 0.6 is 0 Å². The highest BCUT2D eigenvalue weighted by atomic mass is 32.2. The largest absolute Gasteiger partial charge is 0.416 e. The summed E-state index contributed by atoms with van der Waals surface area (Å²) in [4.78, 5) is 1.99. The zero-order valence-corrected chi connectivity index (χ0v) is 24.0. The number of hydrogen-bond acceptors (Lipinski definition) is 3. The molecule has 2 aliphatic rings. The van der Waals surface area contributed by atoms with Crippen molar-refractivity contribution < 1.29 is 30.4 Å². The molecule has 0 aromatic heterocycles. The molecule has 0 bridgehead atoms. The third-order valence-electron chi connectivity index (χ3n) is 8.72. The van der Waals surface area contributed by atoms with Crippen LogP contribution < -0.4 is 4.72 Å². The van der Waals surface area contributed by atoms with Gasteiger partial charge in [-0.05, 0) is 97.7 Å². The maximum Gasteiger partial charge on any atom is 0.416 e. The lowest BCUT2D eigenvalue weighted by Crippen LogP contribution is -2.39. The number of sulfonamides is 1. The quantitative estimate of drug-likeness (QED) is 0.183. The molecule has 1 aliphatic carbocycles. The van der Waals surface area contributed by atoms with E-state index in [1.165, 1.54) is 30.3 Å². The number of rotatable bonds is 11. The van der Waals surface area contributed by atoms with Gasteiger partial charge in [0.25, 0.3) is 0 Å². The molecule has 2 unspecified atom stereocenters. The van der Waals surface area contributed by atoms with Crippen molar-refractivity contribution in [2.45, 2.75) is 61.6 Å². The van der Waals surface area contributed by atoms with Gasteiger partial charge in [0.2, 0.25) is 10.0 Å². The lowest BCUT2D eigenvalue weighted by molar-refractivity contribution is -0.137. The fourth-order valence-corrected chi connectivity index (χ4v) is 7.94. The van der Waals surface area contributed by atoms with Gasteiger partial charge in [-0.2, -0.15) is 13.2 Å². The Hall–Kier alpha value is -2.82. The van der Waals surface area contributed by atoms with Crippen LogP contribution in [-0.2, 0) is 16.2 Å². The summed E-state index contributed by atoms with van der Waals surface area (Å²) in [5.41, 5.74) is 1.01. The minimum Gasteiger partial charge on any atom is -0.303 e. The summed E-state index contributed by atoms with van der Waals surface area (Å²) in [6, 6.07) is 16.5. The molecule has 0 radical (unpaired) electrons. The van der Waals surface area contributed by atoms with Crippen LogP contribution in [0.2, 0.25) is 0 Å². The Kier molecular flexibility index (Phi) is 9.34. The van der Waals surface area contributed by atoms with E-state index in [-0.39, 0.29) is 34.4 Å². The molecule has 1 N–H and O–H groups in total. The van der Waals surface area contributed by atoms with E-state index in [4.69, 9.17) is 0 Å². The summed E-state index contributed by atoms with van der Waals surface area (Å²) in [5.74, 6) is -0.0502. The molecule has 0 spiro atoms. The first-order valence-electron chi connectivity index (χ1n) is 14.4. The first kappa shape index (κ1) is 30.6. The van der Waals surface area contributed by atoms with Gasteiger partial charge < -0.3 is 4.90 Å². The summed E-state index contributed by atoms with van der Waals surface area (Å²) in [6.45, 7) is 2.53. The maximum absolute atomic E-state index is 13.5. The highest BCUT2D eigenvalue weighted by Crippen LogP contribution is 2.39. The summed E-state index contributed by atoms with van der Waals surface area (Å²) in [5, 5.41) is 0. The molecular weight excluding hydrogens is 571 g/mol. The molecule has 1 aliphatic heterocycles. The Balaban J connectivity index is 1.11. The lowest BCUT2D eigenvalue weighted by atomic mass is 9.87. The number of benzene rings is 3. The van der Waals surface area contributed by atoms with E-state index in [0.717, 1.165) is 75.0 Å². The Morgan fingerprint density at radius 3 is 2.10 bits per heavy atom. The van der Waals surface area contributed by atoms with E-state index in [2.05, 4.69) is 9.62 Å². The third-order valence-corrected chi connectivity index (χ3v) is 10.2. The van der Waals surface area contributed by atoms with Crippen LogP contribution in [0, 0.1) is 23.5 Å². The number of hydrogen-bond donors (Lipinski definition) is 1. The van der Waals surface area contributed by atoms with Crippen LogP contribution in [0.3, 0.4) is 0 Å². The van der Waals surface area contributed by atoms with Gasteiger partial charge in [-0.25, -0.2) is 21.9 Å². The van der Waals surface area contributed by atoms with Gasteiger partial charge in [-0.15, -0.1) is 0 Å². The number of alkyl halides is 3. The molecule has 1 saturated heterocycles. The predicted molar refractivity (Wildman–Crippen MR) is 151 cm³/mol. The first-order chi connectivity index (χ1) is 20.0. The van der Waals surface area contributed by atoms with E-state index in [9.17, 15) is 30.4 Å². The van der Waals surface area contributed by atoms with Crippen molar-refractivity contribution in [3.8, 4) is 0 Å². The Morgan fingerprint density at radius 1 is 0.833 bits per heavy atom. The van der Waals surface area contributed by atoms with Crippen LogP contribution in [0.15, 0.2) is 77.7 Å². The molecule has 4 nitrogen and oxygen atoms in total. The number of likely N-dealkylation sites (tertiary alicyclic amines) is 1. The summed E-state index contributed by atoms with van der Waals surface area (Å²) in [7, 11) is -4.08. The van der Waals surface area contributed by atoms with Crippen molar-refractivity contribution in [1.82, 2.24) is 9.62 Å². The van der Waals surface area contributed by atoms with E-state index in [1.54, 1.807) is 24.3 Å². The normalized spacial score (nSPS) is 21.2. The van der Waals surface area contributed by atoms with Crippen LogP contribution in [-0.4, -0.2) is 39.0 Å². The molecule has 42 heavy (non-hydrogen) atoms. The second-order valence-electron chi connectivity index (χ2n) is 11.5. The fourth-order valence-electron chi connectivity index (χ4n) is 6.57. The maximum atomic E-state index is 13.5. The van der Waals surface area contributed by atoms with Gasteiger partial charge in [0.15, 0.2) is 0 Å². The van der Waals surface area contributed by atoms with Gasteiger partial charge in [0, 0.05) is 25.0 Å². The van der Waals surface area contributed by atoms with Gasteiger partial charge in [-0.3, -0.25) is 0 Å². The second kappa shape index (κ2) is 12.8. The van der Waals surface area contributed by atoms with Crippen molar-refractivity contribution in [2.75, 3.05) is 19.6 Å². The van der Waals surface area contributed by atoms with Gasteiger partial charge in [0.1, 0.15) is 11.6 Å². The summed E-state index contributed by atoms with van der Waals surface area (Å²) < 4.78 is 94.9. The lowest BCUT2D eigenvalue weighted by Gasteiger charge is -2.22. The van der Waals surface area contributed by atoms with Crippen molar-refractivity contribution in [2.24, 2.45) is 11.8 Å². The predicted octanol–water partition coefficient (Wildman–Crippen LogP) is 7.36. The Labute approximate surface area is 244 Å². The monoisotopic (exact) mass is 606 g/mol. The minimum atomic E-state index is -4.61. The summed E-state index contributed by atoms with van der Waals surface area (Å²) in [6.07, 6.45) is 0.694. The second-order valence-corrected chi connectivity index (χ2v) is 13.2. The molecule has 226 valence electrons. The highest BCUT2D eigenvalue weighted by Gasteiger charge is 2.44. The summed E-state index contributed by atoms with van der Waals surface area (Å²) >= 11 is 0. The number of unbranched alkanes of at least 4 members (excludes halogenated alkanes) is 2. The van der Waals surface area contributed by atoms with Crippen LogP contribution in [0.25, 0.3) is 0 Å². The van der Waals surface area contributed by atoms with Gasteiger partial charge in [-0.1, -0.05) is 43.2 Å². The molecule has 1 heterocycles. The van der Waals surface area contributed by atoms with Crippen LogP contribution in [0.4, 0.5) is 22.0 Å². The van der Waals surface area contributed by atoms with E-state index in [1.807, 2.05) is 0 Å². The number of halogens is 5. The minimum absolute atomic E-state index is 0.0444. The molecule has 5 rings (SSSR count). The number of nitrogens with zero attached hydrogens (tertiary/aromatic N) is 1. The standard InChI is InChI=1S/C32H35F5N2O2S/c33-26-13-8-22(9-14-26)29(23-10-15-27(34)16-11-23)7-2-1-3-18-39-20-24-12-17-31(30(24)21-39)38-42(40,41)28-6-4-5-25(19-28)32(35,36)37/h4-6,8-11,13-16,19,24,29-31,38H,1-3,7,12,17-18,20-21H2/t24-,30?,31?/m0/s1. The zero-order valence-electron chi connectivity index (χ0n) is 23.2. The molecule has 1 saturated carbocycles. The molecular formula is C32H35F5N2O2S. The first-order valence-corrected chi connectivity index (χ1v) is 15.9. The number of fused-ring (bicyclic) bond motifs is 1. The van der Waals surface area contributed by atoms with Crippen molar-refractivity contribution in [3.63, 3.8) is 0 Å². The van der Waals surface area contributed by atoms with E-state index < -0.39 is 21.8 Å². The molecule has 10 heteroatoms. The zero-order chi connectivity index (χ0) is 29.9. The van der Waals surface area contributed by atoms with Gasteiger partial charge >= 0.3 is 6.18 Å². The van der Waals surface area contributed by atoms with Crippen molar-refractivity contribution in [3.05, 3.63) is 101 Å². The molecule has 3 aromatic rings. The smallest absolute Gasteiger partial charge is 0.303 e. The molecule has 3 atom stereocenters. The Morgan fingerprint density at radius 2 is 1.48 bits per heavy atom. The van der Waals surface area contributed by atoms with Gasteiger partial charge in [0.05, 0.1) is 10.5 Å². The Bertz CT molecular complexity index is 1400. The van der Waals surface area contributed by atoms with Crippen LogP contribution in [0.1, 0.15) is 61.1 Å². The average molecular weight is 607 g/mol. The van der Waals surface area contributed by atoms with E-state index >= 15 is 0 Å². The highest BCUT2D eigenvalue weighted by molar-refractivity contribution is 7.89. The number of nitrogens with one attached hydrogen (secondary N) is 1. The molecule has 2 fully saturated rings. The SMILES string of the molecule is O=S(=O)(NC1CC[C@H]2CN(CCCCCC(c3ccc(F)cc3)c3ccc(F)cc3)CC12)c1cccc(C(F)(F)F)c1. The third kappa shape index (κ3) is 7.38. The van der Waals surface area contributed by atoms with Crippen molar-refractivity contribution >= 4 is 10.0 Å². The topological polar surface area (TPSA) is 49.4 Å². The molecule has 0 amide bonds. The van der Waals surface area contributed by atoms with Crippen molar-refractivity contribution in [1.29, 1.82) is 0 Å². The average Bonchev–Trinajstić information content (AvgIpc) is 3.53. The molecule has 3 aromatic carbocycles. The fraction of sp³-hybridized carbons (Fsp3) is 0.438. The van der Waals surface area contributed by atoms with E-state index in [0.29, 0.717) is 18.4 Å².